The van der Waals surface area contributed by atoms with E-state index in [9.17, 15) is 4.39 Å². The SMILES string of the molecule is CC(C)N=CC1(F)C=CC=N1.[Xe]. The van der Waals surface area contributed by atoms with Crippen LogP contribution >= 0.6 is 0 Å². The first kappa shape index (κ1) is 12.6. The number of allylic oxidation sites excluding steroid dienone is 1. The fraction of sp³-hybridized carbons (Fsp3) is 0.500. The molecule has 0 spiro atoms. The van der Waals surface area contributed by atoms with E-state index in [-0.39, 0.29) is 54.9 Å². The molecule has 0 amide bonds. The van der Waals surface area contributed by atoms with Gasteiger partial charge in [0.25, 0.3) is 5.79 Å². The van der Waals surface area contributed by atoms with E-state index >= 15 is 0 Å². The fourth-order valence-corrected chi connectivity index (χ4v) is 0.708. The first-order valence-electron chi connectivity index (χ1n) is 3.59. The van der Waals surface area contributed by atoms with Crippen LogP contribution in [0.4, 0.5) is 4.39 Å². The van der Waals surface area contributed by atoms with Crippen molar-refractivity contribution in [1.29, 1.82) is 0 Å². The molecule has 1 atom stereocenters. The minimum absolute atomic E-state index is 0. The summed E-state index contributed by atoms with van der Waals surface area (Å²) in [6.45, 7) is 3.78. The summed E-state index contributed by atoms with van der Waals surface area (Å²) >= 11 is 0. The zero-order valence-corrected chi connectivity index (χ0v) is 9.03. The molecule has 1 heterocycles. The van der Waals surface area contributed by atoms with Gasteiger partial charge in [-0.15, -0.1) is 0 Å². The molecule has 0 radical (unpaired) electrons. The van der Waals surface area contributed by atoms with Gasteiger partial charge in [-0.2, -0.15) is 0 Å². The third-order valence-electron chi connectivity index (χ3n) is 1.24. The quantitative estimate of drug-likeness (QED) is 0.546. The van der Waals surface area contributed by atoms with Crippen LogP contribution in [0.15, 0.2) is 22.1 Å². The van der Waals surface area contributed by atoms with E-state index in [1.54, 1.807) is 6.08 Å². The van der Waals surface area contributed by atoms with Crippen LogP contribution in [0.2, 0.25) is 0 Å². The summed E-state index contributed by atoms with van der Waals surface area (Å²) in [5.74, 6) is -1.68. The van der Waals surface area contributed by atoms with Gasteiger partial charge in [-0.25, -0.2) is 9.38 Å². The monoisotopic (exact) mass is 286 g/mol. The maximum absolute atomic E-state index is 13.2. The topological polar surface area (TPSA) is 24.7 Å². The molecule has 0 bridgehead atoms. The number of hydrogen-bond donors (Lipinski definition) is 0. The Morgan fingerprint density at radius 2 is 2.25 bits per heavy atom. The summed E-state index contributed by atoms with van der Waals surface area (Å²) in [4.78, 5) is 7.50. The van der Waals surface area contributed by atoms with E-state index in [1.807, 2.05) is 13.8 Å². The number of alkyl halides is 1. The summed E-state index contributed by atoms with van der Waals surface area (Å²) in [6.07, 6.45) is 5.62. The Kier molecular flexibility index (Phi) is 5.60. The van der Waals surface area contributed by atoms with Crippen molar-refractivity contribution in [1.82, 2.24) is 0 Å². The standard InChI is InChI=1S/C8H11FN2.Xe/c1-7(2)10-6-8(9)4-3-5-11-8;/h3-7H,1-2H3;. The summed E-state index contributed by atoms with van der Waals surface area (Å²) < 4.78 is 13.2. The van der Waals surface area contributed by atoms with Gasteiger partial charge >= 0.3 is 0 Å². The van der Waals surface area contributed by atoms with Crippen LogP contribution in [-0.2, 0) is 0 Å². The largest absolute Gasteiger partial charge is 0.289 e. The van der Waals surface area contributed by atoms with Crippen molar-refractivity contribution in [2.24, 2.45) is 9.98 Å². The van der Waals surface area contributed by atoms with Crippen LogP contribution in [0.3, 0.4) is 0 Å². The summed E-state index contributed by atoms with van der Waals surface area (Å²) in [5, 5.41) is 0. The Bertz CT molecular complexity index is 209. The second kappa shape index (κ2) is 5.34. The summed E-state index contributed by atoms with van der Waals surface area (Å²) in [5.41, 5.74) is 0. The Balaban J connectivity index is 0.00000121. The van der Waals surface area contributed by atoms with Gasteiger partial charge in [-0.1, -0.05) is 0 Å². The normalized spacial score (nSPS) is 27.0. The zero-order valence-electron chi connectivity index (χ0n) is 7.01. The number of hydrogen-bond acceptors (Lipinski definition) is 2. The van der Waals surface area contributed by atoms with Crippen LogP contribution in [-0.4, -0.2) is 24.3 Å². The molecular formula is C8H11FN2Xe. The molecule has 0 N–H and O–H groups in total. The Labute approximate surface area is 112 Å². The number of nitrogens with zero attached hydrogens (tertiary/aromatic N) is 2. The van der Waals surface area contributed by atoms with E-state index in [1.165, 1.54) is 18.5 Å². The molecule has 2 nitrogen and oxygen atoms in total. The van der Waals surface area contributed by atoms with Crippen LogP contribution in [0.1, 0.15) is 13.8 Å². The molecule has 0 saturated carbocycles. The Hall–Kier alpha value is 0.581. The minimum atomic E-state index is -1.68. The molecule has 0 aliphatic carbocycles. The fourth-order valence-electron chi connectivity index (χ4n) is 0.708. The van der Waals surface area contributed by atoms with E-state index in [0.717, 1.165) is 0 Å². The molecule has 1 aliphatic rings. The van der Waals surface area contributed by atoms with Crippen LogP contribution in [0, 0.1) is 48.9 Å². The predicted molar refractivity (Wildman–Crippen MR) is 45.1 cm³/mol. The molecule has 12 heavy (non-hydrogen) atoms. The molecule has 0 saturated heterocycles. The third kappa shape index (κ3) is 4.00. The minimum Gasteiger partial charge on any atom is -0.289 e. The summed E-state index contributed by atoms with van der Waals surface area (Å²) in [7, 11) is 0. The maximum Gasteiger partial charge on any atom is 0.254 e. The van der Waals surface area contributed by atoms with Crippen LogP contribution in [0.5, 0.6) is 0 Å². The first-order chi connectivity index (χ1) is 5.12. The van der Waals surface area contributed by atoms with Gasteiger partial charge in [0, 0.05) is 61.1 Å². The Morgan fingerprint density at radius 1 is 1.58 bits per heavy atom. The van der Waals surface area contributed by atoms with Crippen molar-refractivity contribution in [3.05, 3.63) is 12.2 Å². The second-order valence-electron chi connectivity index (χ2n) is 2.74. The predicted octanol–water partition coefficient (Wildman–Crippen LogP) is 1.77. The van der Waals surface area contributed by atoms with Crippen molar-refractivity contribution in [2.75, 3.05) is 0 Å². The molecule has 1 rings (SSSR count). The van der Waals surface area contributed by atoms with Gasteiger partial charge < -0.3 is 0 Å². The Morgan fingerprint density at radius 3 is 2.67 bits per heavy atom. The average Bonchev–Trinajstić information content (AvgIpc) is 2.33. The van der Waals surface area contributed by atoms with Gasteiger partial charge in [0.2, 0.25) is 0 Å². The number of aliphatic imine (C=N–C) groups is 2. The number of halogens is 1. The van der Waals surface area contributed by atoms with Gasteiger partial charge in [0.1, 0.15) is 0 Å². The number of rotatable bonds is 2. The van der Waals surface area contributed by atoms with Crippen LogP contribution < -0.4 is 0 Å². The van der Waals surface area contributed by atoms with Crippen molar-refractivity contribution in [3.63, 3.8) is 0 Å². The van der Waals surface area contributed by atoms with E-state index in [0.29, 0.717) is 0 Å². The molecule has 1 aliphatic heterocycles. The molecule has 0 aromatic heterocycles. The van der Waals surface area contributed by atoms with Gasteiger partial charge in [-0.05, 0) is 26.0 Å². The van der Waals surface area contributed by atoms with Crippen molar-refractivity contribution in [2.45, 2.75) is 25.7 Å². The van der Waals surface area contributed by atoms with E-state index in [4.69, 9.17) is 0 Å². The molecule has 1 unspecified atom stereocenters. The molecule has 0 fully saturated rings. The van der Waals surface area contributed by atoms with Crippen molar-refractivity contribution >= 4 is 12.4 Å². The third-order valence-corrected chi connectivity index (χ3v) is 1.24. The average molecular weight is 285 g/mol. The van der Waals surface area contributed by atoms with E-state index in [2.05, 4.69) is 9.98 Å². The van der Waals surface area contributed by atoms with Gasteiger partial charge in [0.05, 0.1) is 6.21 Å². The van der Waals surface area contributed by atoms with Gasteiger partial charge in [0.15, 0.2) is 0 Å². The molecule has 68 valence electrons. The molecule has 4 heteroatoms. The van der Waals surface area contributed by atoms with E-state index < -0.39 is 5.79 Å². The van der Waals surface area contributed by atoms with Crippen molar-refractivity contribution < 1.29 is 53.3 Å². The zero-order chi connectivity index (χ0) is 8.32. The first-order valence-corrected chi connectivity index (χ1v) is 3.59. The maximum atomic E-state index is 13.2. The molecule has 0 aromatic carbocycles. The van der Waals surface area contributed by atoms with Crippen molar-refractivity contribution in [3.8, 4) is 0 Å². The van der Waals surface area contributed by atoms with Gasteiger partial charge in [-0.3, -0.25) is 4.99 Å². The molecule has 0 aromatic rings. The second-order valence-corrected chi connectivity index (χ2v) is 2.74. The molecular weight excluding hydrogens is 274 g/mol. The smallest absolute Gasteiger partial charge is 0.254 e. The van der Waals surface area contributed by atoms with Crippen LogP contribution in [0.25, 0.3) is 0 Å². The summed E-state index contributed by atoms with van der Waals surface area (Å²) in [6, 6.07) is 0.117.